The van der Waals surface area contributed by atoms with Gasteiger partial charge >= 0.3 is 0 Å². The highest BCUT2D eigenvalue weighted by Crippen LogP contribution is 2.14. The second-order valence-electron chi connectivity index (χ2n) is 4.37. The molecule has 0 unspecified atom stereocenters. The lowest BCUT2D eigenvalue weighted by atomic mass is 10.2. The molecule has 1 aromatic rings. The van der Waals surface area contributed by atoms with Crippen molar-refractivity contribution in [2.24, 2.45) is 10.7 Å². The Kier molecular flexibility index (Phi) is 4.33. The van der Waals surface area contributed by atoms with E-state index in [1.807, 2.05) is 0 Å². The van der Waals surface area contributed by atoms with E-state index in [4.69, 9.17) is 5.73 Å². The number of hydrogen-bond acceptors (Lipinski definition) is 3. The molecule has 18 heavy (non-hydrogen) atoms. The fourth-order valence-corrected chi connectivity index (χ4v) is 2.05. The first-order valence-corrected chi connectivity index (χ1v) is 6.37. The quantitative estimate of drug-likeness (QED) is 0.464. The minimum Gasteiger partial charge on any atom is -0.370 e. The number of nitrogens with one attached hydrogen (secondary N) is 1. The number of guanidine groups is 1. The lowest BCUT2D eigenvalue weighted by Crippen LogP contribution is -2.31. The molecule has 1 aliphatic rings. The van der Waals surface area contributed by atoms with Crippen LogP contribution in [0.15, 0.2) is 17.6 Å². The number of rotatable bonds is 4. The van der Waals surface area contributed by atoms with E-state index in [9.17, 15) is 0 Å². The fourth-order valence-electron chi connectivity index (χ4n) is 2.05. The van der Waals surface area contributed by atoms with Crippen LogP contribution in [0.4, 0.5) is 0 Å². The number of nitrogens with two attached hydrogens (primary N) is 1. The molecule has 6 heteroatoms. The van der Waals surface area contributed by atoms with Gasteiger partial charge in [0.1, 0.15) is 12.4 Å². The van der Waals surface area contributed by atoms with E-state index in [0.29, 0.717) is 19.0 Å². The van der Waals surface area contributed by atoms with Crippen molar-refractivity contribution in [3.05, 3.63) is 24.3 Å². The van der Waals surface area contributed by atoms with E-state index in [-0.39, 0.29) is 0 Å². The SMILES string of the molecule is C=CCNC(N)=NCc1nnc2n1CCCCC2. The molecule has 0 fully saturated rings. The van der Waals surface area contributed by atoms with Crippen LogP contribution in [0.2, 0.25) is 0 Å². The zero-order chi connectivity index (χ0) is 12.8. The van der Waals surface area contributed by atoms with Crippen LogP contribution < -0.4 is 11.1 Å². The molecule has 0 saturated heterocycles. The summed E-state index contributed by atoms with van der Waals surface area (Å²) in [5.74, 6) is 2.39. The maximum absolute atomic E-state index is 5.72. The standard InChI is InChI=1S/C12H20N6/c1-2-7-14-12(13)15-9-11-17-16-10-6-4-3-5-8-18(10)11/h2H,1,3-9H2,(H3,13,14,15). The van der Waals surface area contributed by atoms with E-state index in [1.54, 1.807) is 6.08 Å². The third-order valence-corrected chi connectivity index (χ3v) is 3.00. The Morgan fingerprint density at radius 1 is 1.44 bits per heavy atom. The van der Waals surface area contributed by atoms with Gasteiger partial charge in [-0.05, 0) is 12.8 Å². The van der Waals surface area contributed by atoms with Gasteiger partial charge in [-0.3, -0.25) is 0 Å². The van der Waals surface area contributed by atoms with Crippen LogP contribution >= 0.6 is 0 Å². The largest absolute Gasteiger partial charge is 0.370 e. The number of hydrogen-bond donors (Lipinski definition) is 2. The summed E-state index contributed by atoms with van der Waals surface area (Å²) in [5.41, 5.74) is 5.72. The van der Waals surface area contributed by atoms with Gasteiger partial charge in [0.25, 0.3) is 0 Å². The number of aromatic nitrogens is 3. The fraction of sp³-hybridized carbons (Fsp3) is 0.583. The molecule has 1 aliphatic heterocycles. The summed E-state index contributed by atoms with van der Waals surface area (Å²) >= 11 is 0. The zero-order valence-corrected chi connectivity index (χ0v) is 10.6. The van der Waals surface area contributed by atoms with Crippen molar-refractivity contribution in [3.8, 4) is 0 Å². The van der Waals surface area contributed by atoms with Crippen LogP contribution in [0.5, 0.6) is 0 Å². The van der Waals surface area contributed by atoms with Crippen LogP contribution in [0.3, 0.4) is 0 Å². The number of aliphatic imine (C=N–C) groups is 1. The smallest absolute Gasteiger partial charge is 0.189 e. The van der Waals surface area contributed by atoms with Crippen molar-refractivity contribution < 1.29 is 0 Å². The first-order valence-electron chi connectivity index (χ1n) is 6.37. The van der Waals surface area contributed by atoms with Crippen LogP contribution in [-0.2, 0) is 19.5 Å². The predicted molar refractivity (Wildman–Crippen MR) is 71.1 cm³/mol. The summed E-state index contributed by atoms with van der Waals surface area (Å²) in [6.07, 6.45) is 6.40. The Labute approximate surface area is 107 Å². The van der Waals surface area contributed by atoms with Crippen LogP contribution in [0.1, 0.15) is 30.9 Å². The molecule has 1 aromatic heterocycles. The van der Waals surface area contributed by atoms with Gasteiger partial charge in [0.2, 0.25) is 0 Å². The van der Waals surface area contributed by atoms with E-state index in [2.05, 4.69) is 31.7 Å². The summed E-state index contributed by atoms with van der Waals surface area (Å²) < 4.78 is 2.18. The first kappa shape index (κ1) is 12.6. The van der Waals surface area contributed by atoms with Crippen LogP contribution in [-0.4, -0.2) is 27.3 Å². The molecule has 0 bridgehead atoms. The third-order valence-electron chi connectivity index (χ3n) is 3.00. The van der Waals surface area contributed by atoms with Crippen molar-refractivity contribution in [1.29, 1.82) is 0 Å². The first-order chi connectivity index (χ1) is 8.81. The molecule has 3 N–H and O–H groups in total. The van der Waals surface area contributed by atoms with Gasteiger partial charge in [-0.25, -0.2) is 4.99 Å². The van der Waals surface area contributed by atoms with Gasteiger partial charge in [0.15, 0.2) is 11.8 Å². The van der Waals surface area contributed by atoms with E-state index >= 15 is 0 Å². The highest BCUT2D eigenvalue weighted by Gasteiger charge is 2.13. The zero-order valence-electron chi connectivity index (χ0n) is 10.6. The summed E-state index contributed by atoms with van der Waals surface area (Å²) in [4.78, 5) is 4.26. The molecule has 0 amide bonds. The Balaban J connectivity index is 2.01. The highest BCUT2D eigenvalue weighted by atomic mass is 15.3. The minimum atomic E-state index is 0.417. The number of nitrogens with zero attached hydrogens (tertiary/aromatic N) is 4. The average molecular weight is 248 g/mol. The van der Waals surface area contributed by atoms with Crippen molar-refractivity contribution in [1.82, 2.24) is 20.1 Å². The molecule has 0 aliphatic carbocycles. The molecule has 2 heterocycles. The molecule has 0 atom stereocenters. The third kappa shape index (κ3) is 3.09. The Morgan fingerprint density at radius 2 is 2.33 bits per heavy atom. The summed E-state index contributed by atoms with van der Waals surface area (Å²) in [6, 6.07) is 0. The molecule has 2 rings (SSSR count). The van der Waals surface area contributed by atoms with Crippen LogP contribution in [0, 0.1) is 0 Å². The van der Waals surface area contributed by atoms with Gasteiger partial charge in [0, 0.05) is 19.5 Å². The number of aryl methyl sites for hydroxylation is 1. The van der Waals surface area contributed by atoms with Gasteiger partial charge < -0.3 is 15.6 Å². The molecular weight excluding hydrogens is 228 g/mol. The van der Waals surface area contributed by atoms with Gasteiger partial charge in [-0.1, -0.05) is 12.5 Å². The van der Waals surface area contributed by atoms with Gasteiger partial charge in [-0.15, -0.1) is 16.8 Å². The second kappa shape index (κ2) is 6.18. The maximum Gasteiger partial charge on any atom is 0.189 e. The van der Waals surface area contributed by atoms with E-state index < -0.39 is 0 Å². The Morgan fingerprint density at radius 3 is 3.17 bits per heavy atom. The van der Waals surface area contributed by atoms with Crippen molar-refractivity contribution in [3.63, 3.8) is 0 Å². The topological polar surface area (TPSA) is 81.1 Å². The normalized spacial score (nSPS) is 15.9. The maximum atomic E-state index is 5.72. The van der Waals surface area contributed by atoms with Crippen molar-refractivity contribution in [2.45, 2.75) is 38.8 Å². The lowest BCUT2D eigenvalue weighted by Gasteiger charge is -2.05. The predicted octanol–water partition coefficient (Wildman–Crippen LogP) is 0.595. The Bertz CT molecular complexity index is 434. The van der Waals surface area contributed by atoms with Crippen LogP contribution in [0.25, 0.3) is 0 Å². The lowest BCUT2D eigenvalue weighted by molar-refractivity contribution is 0.606. The van der Waals surface area contributed by atoms with Gasteiger partial charge in [0.05, 0.1) is 0 Å². The molecule has 0 saturated carbocycles. The average Bonchev–Trinajstić information content (AvgIpc) is 2.61. The molecule has 0 aromatic carbocycles. The molecular formula is C12H20N6. The van der Waals surface area contributed by atoms with Crippen molar-refractivity contribution in [2.75, 3.05) is 6.54 Å². The highest BCUT2D eigenvalue weighted by molar-refractivity contribution is 5.77. The van der Waals surface area contributed by atoms with Crippen molar-refractivity contribution >= 4 is 5.96 Å². The summed E-state index contributed by atoms with van der Waals surface area (Å²) in [6.45, 7) is 5.70. The monoisotopic (exact) mass is 248 g/mol. The van der Waals surface area contributed by atoms with E-state index in [1.165, 1.54) is 19.3 Å². The molecule has 0 spiro atoms. The molecule has 0 radical (unpaired) electrons. The summed E-state index contributed by atoms with van der Waals surface area (Å²) in [5, 5.41) is 11.4. The molecule has 98 valence electrons. The van der Waals surface area contributed by atoms with Gasteiger partial charge in [-0.2, -0.15) is 0 Å². The molecule has 6 nitrogen and oxygen atoms in total. The number of fused-ring (bicyclic) bond motifs is 1. The Hall–Kier alpha value is -1.85. The van der Waals surface area contributed by atoms with E-state index in [0.717, 1.165) is 24.6 Å². The second-order valence-corrected chi connectivity index (χ2v) is 4.37. The minimum absolute atomic E-state index is 0.417. The summed E-state index contributed by atoms with van der Waals surface area (Å²) in [7, 11) is 0.